The summed E-state index contributed by atoms with van der Waals surface area (Å²) in [5.74, 6) is -0.922. The average molecular weight is 251 g/mol. The van der Waals surface area contributed by atoms with Gasteiger partial charge >= 0.3 is 0 Å². The molecule has 0 saturated carbocycles. The van der Waals surface area contributed by atoms with Gasteiger partial charge in [-0.2, -0.15) is 0 Å². The van der Waals surface area contributed by atoms with Gasteiger partial charge in [0.15, 0.2) is 0 Å². The highest BCUT2D eigenvalue weighted by Gasteiger charge is 1.90. The summed E-state index contributed by atoms with van der Waals surface area (Å²) in [4.78, 5) is 10.2. The van der Waals surface area contributed by atoms with Crippen molar-refractivity contribution in [2.24, 2.45) is 0 Å². The quantitative estimate of drug-likeness (QED) is 0.391. The van der Waals surface area contributed by atoms with E-state index in [9.17, 15) is 9.90 Å². The smallest absolute Gasteiger partial charge is 0.0414 e. The normalized spacial score (nSPS) is 11.6. The zero-order chi connectivity index (χ0) is 13.5. The monoisotopic (exact) mass is 251 g/mol. The Kier molecular flexibility index (Phi) is 13.2. The minimum Gasteiger partial charge on any atom is -0.550 e. The van der Waals surface area contributed by atoms with Crippen molar-refractivity contribution in [2.45, 2.75) is 71.1 Å². The Balaban J connectivity index is 3.15. The molecule has 0 atom stereocenters. The van der Waals surface area contributed by atoms with E-state index in [2.05, 4.69) is 31.2 Å². The van der Waals surface area contributed by atoms with E-state index < -0.39 is 5.97 Å². The summed E-state index contributed by atoms with van der Waals surface area (Å²) in [5.41, 5.74) is 0. The highest BCUT2D eigenvalue weighted by Crippen LogP contribution is 2.07. The minimum absolute atomic E-state index is 0.212. The summed E-state index contributed by atoms with van der Waals surface area (Å²) in [7, 11) is 0. The number of hydrogen-bond donors (Lipinski definition) is 0. The average Bonchev–Trinajstić information content (AvgIpc) is 2.34. The van der Waals surface area contributed by atoms with E-state index >= 15 is 0 Å². The molecule has 0 radical (unpaired) electrons. The molecule has 0 fully saturated rings. The van der Waals surface area contributed by atoms with Gasteiger partial charge in [0.2, 0.25) is 0 Å². The molecule has 0 aliphatic heterocycles. The molecule has 0 unspecified atom stereocenters. The molecule has 0 spiro atoms. The van der Waals surface area contributed by atoms with Crippen molar-refractivity contribution < 1.29 is 9.90 Å². The van der Waals surface area contributed by atoms with Crippen LogP contribution >= 0.6 is 0 Å². The van der Waals surface area contributed by atoms with E-state index in [1.165, 1.54) is 25.7 Å². The molecule has 104 valence electrons. The number of rotatable bonds is 12. The van der Waals surface area contributed by atoms with E-state index in [1.807, 2.05) is 0 Å². The van der Waals surface area contributed by atoms with Crippen LogP contribution in [0, 0.1) is 0 Å². The van der Waals surface area contributed by atoms with Gasteiger partial charge in [-0.3, -0.25) is 0 Å². The molecule has 0 rings (SSSR count). The van der Waals surface area contributed by atoms with Crippen LogP contribution < -0.4 is 5.11 Å². The molecular formula is C16H27O2-. The van der Waals surface area contributed by atoms with Gasteiger partial charge in [0.1, 0.15) is 0 Å². The molecule has 0 aromatic carbocycles. The van der Waals surface area contributed by atoms with Gasteiger partial charge < -0.3 is 9.90 Å². The number of hydrogen-bond acceptors (Lipinski definition) is 2. The third kappa shape index (κ3) is 14.9. The van der Waals surface area contributed by atoms with Crippen molar-refractivity contribution in [3.63, 3.8) is 0 Å². The number of aliphatic carboxylic acids is 1. The van der Waals surface area contributed by atoms with E-state index in [0.29, 0.717) is 0 Å². The number of carbonyl (C=O) groups excluding carboxylic acids is 1. The molecule has 18 heavy (non-hydrogen) atoms. The number of carboxylic acids is 1. The maximum Gasteiger partial charge on any atom is 0.0414 e. The van der Waals surface area contributed by atoms with Crippen LogP contribution in [0.5, 0.6) is 0 Å². The summed E-state index contributed by atoms with van der Waals surface area (Å²) in [5, 5.41) is 10.2. The second kappa shape index (κ2) is 14.0. The zero-order valence-corrected chi connectivity index (χ0v) is 11.7. The van der Waals surface area contributed by atoms with Crippen LogP contribution in [0.15, 0.2) is 24.3 Å². The predicted molar refractivity (Wildman–Crippen MR) is 75.1 cm³/mol. The van der Waals surface area contributed by atoms with E-state index in [0.717, 1.165) is 32.1 Å². The zero-order valence-electron chi connectivity index (χ0n) is 11.7. The van der Waals surface area contributed by atoms with Gasteiger partial charge in [0, 0.05) is 5.97 Å². The van der Waals surface area contributed by atoms with E-state index in [4.69, 9.17) is 0 Å². The molecular weight excluding hydrogens is 224 g/mol. The molecule has 0 bridgehead atoms. The largest absolute Gasteiger partial charge is 0.550 e. The SMILES string of the molecule is CCC/C=C/C/C=C\CCCCCCCC(=O)[O-]. The first-order valence-corrected chi connectivity index (χ1v) is 7.27. The van der Waals surface area contributed by atoms with Crippen molar-refractivity contribution in [3.05, 3.63) is 24.3 Å². The third-order valence-electron chi connectivity index (χ3n) is 2.81. The molecule has 0 saturated heterocycles. The second-order valence-electron chi connectivity index (χ2n) is 4.65. The second-order valence-corrected chi connectivity index (χ2v) is 4.65. The summed E-state index contributed by atoms with van der Waals surface area (Å²) in [6.45, 7) is 2.19. The summed E-state index contributed by atoms with van der Waals surface area (Å²) in [6.07, 6.45) is 19.1. The Morgan fingerprint density at radius 2 is 1.50 bits per heavy atom. The van der Waals surface area contributed by atoms with Gasteiger partial charge in [-0.1, -0.05) is 56.9 Å². The van der Waals surface area contributed by atoms with Crippen molar-refractivity contribution in [2.75, 3.05) is 0 Å². The molecule has 0 aliphatic carbocycles. The maximum atomic E-state index is 10.2. The standard InChI is InChI=1S/C16H28O2/c1-2-3-4-5-6-7-8-9-10-11-12-13-14-15-16(17)18/h4-5,7-8H,2-3,6,9-15H2,1H3,(H,17,18)/p-1/b5-4+,8-7-. The van der Waals surface area contributed by atoms with Crippen LogP contribution in [-0.2, 0) is 4.79 Å². The van der Waals surface area contributed by atoms with Gasteiger partial charge in [0.05, 0.1) is 0 Å². The molecule has 0 aromatic rings. The molecule has 0 heterocycles. The number of carboxylic acid groups (broad SMARTS) is 1. The van der Waals surface area contributed by atoms with Crippen molar-refractivity contribution in [3.8, 4) is 0 Å². The van der Waals surface area contributed by atoms with Gasteiger partial charge in [-0.15, -0.1) is 0 Å². The molecule has 0 N–H and O–H groups in total. The van der Waals surface area contributed by atoms with Crippen LogP contribution in [0.3, 0.4) is 0 Å². The fraction of sp³-hybridized carbons (Fsp3) is 0.688. The first kappa shape index (κ1) is 16.9. The molecule has 0 aliphatic rings. The lowest BCUT2D eigenvalue weighted by Crippen LogP contribution is -2.21. The summed E-state index contributed by atoms with van der Waals surface area (Å²) in [6, 6.07) is 0. The lowest BCUT2D eigenvalue weighted by Gasteiger charge is -2.01. The number of allylic oxidation sites excluding steroid dienone is 4. The van der Waals surface area contributed by atoms with E-state index in [-0.39, 0.29) is 6.42 Å². The van der Waals surface area contributed by atoms with Crippen LogP contribution in [0.2, 0.25) is 0 Å². The fourth-order valence-electron chi connectivity index (χ4n) is 1.74. The fourth-order valence-corrected chi connectivity index (χ4v) is 1.74. The van der Waals surface area contributed by atoms with Crippen LogP contribution in [0.25, 0.3) is 0 Å². The van der Waals surface area contributed by atoms with E-state index in [1.54, 1.807) is 0 Å². The summed E-state index contributed by atoms with van der Waals surface area (Å²) < 4.78 is 0. The van der Waals surface area contributed by atoms with Gasteiger partial charge in [-0.05, 0) is 38.5 Å². The van der Waals surface area contributed by atoms with Crippen LogP contribution in [0.4, 0.5) is 0 Å². The predicted octanol–water partition coefficient (Wildman–Crippen LogP) is 3.77. The van der Waals surface area contributed by atoms with Crippen LogP contribution in [-0.4, -0.2) is 5.97 Å². The van der Waals surface area contributed by atoms with Crippen molar-refractivity contribution in [1.29, 1.82) is 0 Å². The lowest BCUT2D eigenvalue weighted by molar-refractivity contribution is -0.305. The highest BCUT2D eigenvalue weighted by molar-refractivity contribution is 5.63. The number of carbonyl (C=O) groups is 1. The first-order valence-electron chi connectivity index (χ1n) is 7.27. The topological polar surface area (TPSA) is 40.1 Å². The molecule has 2 heteroatoms. The van der Waals surface area contributed by atoms with Crippen molar-refractivity contribution in [1.82, 2.24) is 0 Å². The minimum atomic E-state index is -0.922. The first-order chi connectivity index (χ1) is 8.77. The third-order valence-corrected chi connectivity index (χ3v) is 2.81. The molecule has 0 aromatic heterocycles. The Morgan fingerprint density at radius 1 is 0.889 bits per heavy atom. The lowest BCUT2D eigenvalue weighted by atomic mass is 10.1. The highest BCUT2D eigenvalue weighted by atomic mass is 16.4. The van der Waals surface area contributed by atoms with Crippen LogP contribution in [0.1, 0.15) is 71.1 Å². The maximum absolute atomic E-state index is 10.2. The summed E-state index contributed by atoms with van der Waals surface area (Å²) >= 11 is 0. The molecule has 0 amide bonds. The van der Waals surface area contributed by atoms with Crippen molar-refractivity contribution >= 4 is 5.97 Å². The van der Waals surface area contributed by atoms with Gasteiger partial charge in [-0.25, -0.2) is 0 Å². The Labute approximate surface area is 112 Å². The molecule has 2 nitrogen and oxygen atoms in total. The Hall–Kier alpha value is -1.05. The number of unbranched alkanes of at least 4 members (excludes halogenated alkanes) is 6. The Bertz CT molecular complexity index is 241. The Morgan fingerprint density at radius 3 is 2.17 bits per heavy atom. The van der Waals surface area contributed by atoms with Gasteiger partial charge in [0.25, 0.3) is 0 Å².